The lowest BCUT2D eigenvalue weighted by atomic mass is 10.3. The number of aromatic nitrogens is 2. The third-order valence-electron chi connectivity index (χ3n) is 2.04. The van der Waals surface area contributed by atoms with Crippen LogP contribution in [0.2, 0.25) is 0 Å². The van der Waals surface area contributed by atoms with Crippen LogP contribution in [0.25, 0.3) is 5.65 Å². The lowest BCUT2D eigenvalue weighted by Crippen LogP contribution is -2.15. The topological polar surface area (TPSA) is 43.6 Å². The molecule has 5 heteroatoms. The molecular formula is C10H9FN2O2. The molecule has 78 valence electrons. The van der Waals surface area contributed by atoms with Crippen molar-refractivity contribution in [1.29, 1.82) is 0 Å². The van der Waals surface area contributed by atoms with Gasteiger partial charge in [-0.25, -0.2) is 4.39 Å². The fourth-order valence-electron chi connectivity index (χ4n) is 1.37. The first-order valence-corrected chi connectivity index (χ1v) is 4.35. The summed E-state index contributed by atoms with van der Waals surface area (Å²) in [6, 6.07) is 2.53. The van der Waals surface area contributed by atoms with Crippen LogP contribution in [0.1, 0.15) is 5.56 Å². The normalized spacial score (nSPS) is 10.6. The molecule has 0 saturated carbocycles. The zero-order valence-corrected chi connectivity index (χ0v) is 8.32. The molecule has 0 radical (unpaired) electrons. The molecule has 0 amide bonds. The van der Waals surface area contributed by atoms with Crippen LogP contribution in [0.5, 0.6) is 5.88 Å². The summed E-state index contributed by atoms with van der Waals surface area (Å²) in [7, 11) is 1.38. The third kappa shape index (κ3) is 1.56. The number of halogens is 1. The van der Waals surface area contributed by atoms with E-state index in [1.54, 1.807) is 6.92 Å². The maximum absolute atomic E-state index is 13.5. The van der Waals surface area contributed by atoms with Gasteiger partial charge in [0.1, 0.15) is 0 Å². The van der Waals surface area contributed by atoms with Crippen molar-refractivity contribution in [2.45, 2.75) is 6.92 Å². The van der Waals surface area contributed by atoms with Gasteiger partial charge in [-0.2, -0.15) is 4.98 Å². The van der Waals surface area contributed by atoms with E-state index in [4.69, 9.17) is 4.74 Å². The number of methoxy groups -OCH3 is 1. The van der Waals surface area contributed by atoms with E-state index < -0.39 is 5.82 Å². The SMILES string of the molecule is COc1cc(=O)n2cc(C)cc(F)c2n1. The Morgan fingerprint density at radius 3 is 2.87 bits per heavy atom. The molecule has 0 aliphatic carbocycles. The summed E-state index contributed by atoms with van der Waals surface area (Å²) >= 11 is 0. The second-order valence-electron chi connectivity index (χ2n) is 3.20. The molecule has 0 atom stereocenters. The van der Waals surface area contributed by atoms with Crippen molar-refractivity contribution < 1.29 is 9.13 Å². The number of rotatable bonds is 1. The van der Waals surface area contributed by atoms with Gasteiger partial charge < -0.3 is 4.74 Å². The fraction of sp³-hybridized carbons (Fsp3) is 0.200. The van der Waals surface area contributed by atoms with Crippen molar-refractivity contribution in [3.63, 3.8) is 0 Å². The first-order chi connectivity index (χ1) is 7.11. The summed E-state index contributed by atoms with van der Waals surface area (Å²) in [5.74, 6) is -0.422. The van der Waals surface area contributed by atoms with E-state index >= 15 is 0 Å². The van der Waals surface area contributed by atoms with Gasteiger partial charge in [0.05, 0.1) is 13.2 Å². The lowest BCUT2D eigenvalue weighted by Gasteiger charge is -2.04. The largest absolute Gasteiger partial charge is 0.481 e. The summed E-state index contributed by atoms with van der Waals surface area (Å²) in [6.45, 7) is 1.71. The molecule has 15 heavy (non-hydrogen) atoms. The molecule has 4 nitrogen and oxygen atoms in total. The second-order valence-corrected chi connectivity index (χ2v) is 3.20. The van der Waals surface area contributed by atoms with Gasteiger partial charge in [-0.05, 0) is 18.6 Å². The number of aryl methyl sites for hydroxylation is 1. The second kappa shape index (κ2) is 3.34. The number of fused-ring (bicyclic) bond motifs is 1. The number of hydrogen-bond acceptors (Lipinski definition) is 3. The summed E-state index contributed by atoms with van der Waals surface area (Å²) in [5.41, 5.74) is 0.276. The van der Waals surface area contributed by atoms with Crippen molar-refractivity contribution in [3.8, 4) is 5.88 Å². The molecule has 0 spiro atoms. The molecule has 0 unspecified atom stereocenters. The minimum atomic E-state index is -0.536. The van der Waals surface area contributed by atoms with E-state index in [2.05, 4.69) is 4.98 Å². The van der Waals surface area contributed by atoms with Crippen molar-refractivity contribution in [2.75, 3.05) is 7.11 Å². The third-order valence-corrected chi connectivity index (χ3v) is 2.04. The van der Waals surface area contributed by atoms with Crippen molar-refractivity contribution in [1.82, 2.24) is 9.38 Å². The molecule has 2 aromatic heterocycles. The van der Waals surface area contributed by atoms with E-state index in [0.717, 1.165) is 4.40 Å². The van der Waals surface area contributed by atoms with Crippen LogP contribution in [0.3, 0.4) is 0 Å². The minimum Gasteiger partial charge on any atom is -0.481 e. The molecule has 0 N–H and O–H groups in total. The van der Waals surface area contributed by atoms with Crippen molar-refractivity contribution in [2.24, 2.45) is 0 Å². The van der Waals surface area contributed by atoms with Crippen LogP contribution in [-0.2, 0) is 0 Å². The summed E-state index contributed by atoms with van der Waals surface area (Å²) < 4.78 is 19.4. The average Bonchev–Trinajstić information content (AvgIpc) is 2.19. The summed E-state index contributed by atoms with van der Waals surface area (Å²) in [5, 5.41) is 0. The van der Waals surface area contributed by atoms with Crippen LogP contribution in [-0.4, -0.2) is 16.5 Å². The predicted octanol–water partition coefficient (Wildman–Crippen LogP) is 1.15. The van der Waals surface area contributed by atoms with Crippen LogP contribution in [0.4, 0.5) is 4.39 Å². The Hall–Kier alpha value is -1.91. The monoisotopic (exact) mass is 208 g/mol. The lowest BCUT2D eigenvalue weighted by molar-refractivity contribution is 0.396. The van der Waals surface area contributed by atoms with Crippen LogP contribution in [0, 0.1) is 12.7 Å². The van der Waals surface area contributed by atoms with E-state index in [9.17, 15) is 9.18 Å². The number of nitrogens with zero attached hydrogens (tertiary/aromatic N) is 2. The minimum absolute atomic E-state index is 0.0232. The Balaban J connectivity index is 2.91. The molecule has 0 fully saturated rings. The first kappa shape index (κ1) is 9.64. The van der Waals surface area contributed by atoms with Gasteiger partial charge in [-0.15, -0.1) is 0 Å². The average molecular weight is 208 g/mol. The fourth-order valence-corrected chi connectivity index (χ4v) is 1.37. The number of pyridine rings is 1. The molecule has 2 rings (SSSR count). The maximum atomic E-state index is 13.5. The standard InChI is InChI=1S/C10H9FN2O2/c1-6-3-7(11)10-12-8(15-2)4-9(14)13(10)5-6/h3-5H,1-2H3. The quantitative estimate of drug-likeness (QED) is 0.706. The summed E-state index contributed by atoms with van der Waals surface area (Å²) in [4.78, 5) is 15.4. The highest BCUT2D eigenvalue weighted by molar-refractivity contribution is 5.43. The van der Waals surface area contributed by atoms with Crippen molar-refractivity contribution in [3.05, 3.63) is 40.1 Å². The summed E-state index contributed by atoms with van der Waals surface area (Å²) in [6.07, 6.45) is 1.53. The zero-order chi connectivity index (χ0) is 11.0. The molecular weight excluding hydrogens is 199 g/mol. The Bertz CT molecular complexity index is 577. The van der Waals surface area contributed by atoms with Crippen molar-refractivity contribution >= 4 is 5.65 Å². The molecule has 0 aliphatic rings. The van der Waals surface area contributed by atoms with E-state index in [0.29, 0.717) is 5.56 Å². The highest BCUT2D eigenvalue weighted by atomic mass is 19.1. The Labute approximate surface area is 85.0 Å². The predicted molar refractivity (Wildman–Crippen MR) is 52.7 cm³/mol. The van der Waals surface area contributed by atoms with Gasteiger partial charge in [0, 0.05) is 6.20 Å². The molecule has 0 aliphatic heterocycles. The van der Waals surface area contributed by atoms with Gasteiger partial charge in [0.15, 0.2) is 11.5 Å². The van der Waals surface area contributed by atoms with Gasteiger partial charge in [0.25, 0.3) is 5.56 Å². The molecule has 2 aromatic rings. The molecule has 0 aromatic carbocycles. The van der Waals surface area contributed by atoms with E-state index in [1.165, 1.54) is 25.4 Å². The zero-order valence-electron chi connectivity index (χ0n) is 8.32. The van der Waals surface area contributed by atoms with E-state index in [-0.39, 0.29) is 17.1 Å². The van der Waals surface area contributed by atoms with Gasteiger partial charge in [-0.1, -0.05) is 0 Å². The van der Waals surface area contributed by atoms with Gasteiger partial charge in [0.2, 0.25) is 5.88 Å². The Morgan fingerprint density at radius 2 is 2.20 bits per heavy atom. The van der Waals surface area contributed by atoms with E-state index in [1.807, 2.05) is 0 Å². The number of ether oxygens (including phenoxy) is 1. The molecule has 2 heterocycles. The van der Waals surface area contributed by atoms with Crippen LogP contribution in [0.15, 0.2) is 23.1 Å². The highest BCUT2D eigenvalue weighted by Crippen LogP contribution is 2.10. The van der Waals surface area contributed by atoms with Gasteiger partial charge in [-0.3, -0.25) is 9.20 Å². The Morgan fingerprint density at radius 1 is 1.47 bits per heavy atom. The first-order valence-electron chi connectivity index (χ1n) is 4.35. The van der Waals surface area contributed by atoms with Gasteiger partial charge >= 0.3 is 0 Å². The maximum Gasteiger partial charge on any atom is 0.261 e. The molecule has 0 bridgehead atoms. The highest BCUT2D eigenvalue weighted by Gasteiger charge is 2.07. The van der Waals surface area contributed by atoms with Crippen LogP contribution >= 0.6 is 0 Å². The molecule has 0 saturated heterocycles. The smallest absolute Gasteiger partial charge is 0.261 e. The number of hydrogen-bond donors (Lipinski definition) is 0. The Kier molecular flexibility index (Phi) is 2.15. The van der Waals surface area contributed by atoms with Crippen LogP contribution < -0.4 is 10.3 Å².